The maximum atomic E-state index is 6.34. The van der Waals surface area contributed by atoms with Crippen LogP contribution in [0.5, 0.6) is 11.6 Å². The molecule has 1 aliphatic heterocycles. The van der Waals surface area contributed by atoms with Crippen LogP contribution in [0.4, 0.5) is 0 Å². The summed E-state index contributed by atoms with van der Waals surface area (Å²) in [5, 5.41) is 0. The third kappa shape index (κ3) is 2.32. The Bertz CT molecular complexity index is 603. The Hall–Kier alpha value is -2.14. The Morgan fingerprint density at radius 3 is 2.95 bits per heavy atom. The maximum absolute atomic E-state index is 6.34. The van der Waals surface area contributed by atoms with Gasteiger partial charge in [0.1, 0.15) is 11.4 Å². The standard InChI is InChI=1S/C15H17N3O2/c1-19-15-14(17-6-7-18-15)13(16)11-8-10-4-2-3-5-12(10)20-9-11/h2-7,11,13H,8-9,16H2,1H3. The molecule has 0 bridgehead atoms. The van der Waals surface area contributed by atoms with Crippen LogP contribution in [0.25, 0.3) is 0 Å². The number of para-hydroxylation sites is 1. The van der Waals surface area contributed by atoms with Crippen molar-refractivity contribution in [2.24, 2.45) is 11.7 Å². The molecule has 5 nitrogen and oxygen atoms in total. The first-order valence-electron chi connectivity index (χ1n) is 6.60. The zero-order valence-electron chi connectivity index (χ0n) is 11.3. The lowest BCUT2D eigenvalue weighted by Crippen LogP contribution is -2.32. The Morgan fingerprint density at radius 2 is 2.10 bits per heavy atom. The van der Waals surface area contributed by atoms with Gasteiger partial charge in [0.15, 0.2) is 0 Å². The molecule has 0 radical (unpaired) electrons. The third-order valence-corrected chi connectivity index (χ3v) is 3.62. The van der Waals surface area contributed by atoms with Crippen LogP contribution in [0.1, 0.15) is 17.3 Å². The van der Waals surface area contributed by atoms with Crippen molar-refractivity contribution in [2.45, 2.75) is 12.5 Å². The van der Waals surface area contributed by atoms with Crippen LogP contribution in [-0.4, -0.2) is 23.7 Å². The smallest absolute Gasteiger partial charge is 0.237 e. The van der Waals surface area contributed by atoms with Crippen LogP contribution in [0.15, 0.2) is 36.7 Å². The molecule has 1 aromatic heterocycles. The number of ether oxygens (including phenoxy) is 2. The van der Waals surface area contributed by atoms with E-state index in [-0.39, 0.29) is 12.0 Å². The Balaban J connectivity index is 1.84. The van der Waals surface area contributed by atoms with E-state index in [0.29, 0.717) is 18.2 Å². The summed E-state index contributed by atoms with van der Waals surface area (Å²) in [6.07, 6.45) is 4.11. The molecule has 0 saturated carbocycles. The molecule has 20 heavy (non-hydrogen) atoms. The van der Waals surface area contributed by atoms with Gasteiger partial charge in [-0.05, 0) is 18.1 Å². The molecule has 5 heteroatoms. The van der Waals surface area contributed by atoms with Gasteiger partial charge in [-0.25, -0.2) is 4.98 Å². The van der Waals surface area contributed by atoms with Gasteiger partial charge in [0.2, 0.25) is 5.88 Å². The highest BCUT2D eigenvalue weighted by atomic mass is 16.5. The Labute approximate surface area is 117 Å². The summed E-state index contributed by atoms with van der Waals surface area (Å²) < 4.78 is 11.0. The van der Waals surface area contributed by atoms with Crippen molar-refractivity contribution in [1.82, 2.24) is 9.97 Å². The molecule has 1 aromatic carbocycles. The van der Waals surface area contributed by atoms with Crippen molar-refractivity contribution >= 4 is 0 Å². The number of methoxy groups -OCH3 is 1. The number of nitrogens with two attached hydrogens (primary N) is 1. The van der Waals surface area contributed by atoms with E-state index in [0.717, 1.165) is 12.2 Å². The largest absolute Gasteiger partial charge is 0.493 e. The van der Waals surface area contributed by atoms with Crippen LogP contribution in [-0.2, 0) is 6.42 Å². The number of rotatable bonds is 3. The lowest BCUT2D eigenvalue weighted by atomic mass is 9.89. The quantitative estimate of drug-likeness (QED) is 0.920. The lowest BCUT2D eigenvalue weighted by Gasteiger charge is -2.29. The number of fused-ring (bicyclic) bond motifs is 1. The fourth-order valence-corrected chi connectivity index (χ4v) is 2.53. The highest BCUT2D eigenvalue weighted by molar-refractivity contribution is 5.36. The lowest BCUT2D eigenvalue weighted by molar-refractivity contribution is 0.196. The molecule has 0 amide bonds. The summed E-state index contributed by atoms with van der Waals surface area (Å²) in [6, 6.07) is 7.79. The topological polar surface area (TPSA) is 70.3 Å². The van der Waals surface area contributed by atoms with Crippen molar-refractivity contribution in [1.29, 1.82) is 0 Å². The van der Waals surface area contributed by atoms with Crippen LogP contribution in [0.2, 0.25) is 0 Å². The molecule has 0 spiro atoms. The maximum Gasteiger partial charge on any atom is 0.237 e. The van der Waals surface area contributed by atoms with Crippen molar-refractivity contribution in [3.63, 3.8) is 0 Å². The zero-order chi connectivity index (χ0) is 13.9. The minimum absolute atomic E-state index is 0.162. The molecule has 0 aliphatic carbocycles. The van der Waals surface area contributed by atoms with Gasteiger partial charge < -0.3 is 15.2 Å². The van der Waals surface area contributed by atoms with E-state index in [9.17, 15) is 0 Å². The van der Waals surface area contributed by atoms with Gasteiger partial charge in [-0.1, -0.05) is 18.2 Å². The Kier molecular flexibility index (Phi) is 3.52. The number of aromatic nitrogens is 2. The number of hydrogen-bond donors (Lipinski definition) is 1. The van der Waals surface area contributed by atoms with E-state index in [4.69, 9.17) is 15.2 Å². The van der Waals surface area contributed by atoms with Gasteiger partial charge >= 0.3 is 0 Å². The van der Waals surface area contributed by atoms with Crippen LogP contribution in [0.3, 0.4) is 0 Å². The summed E-state index contributed by atoms with van der Waals surface area (Å²) in [6.45, 7) is 0.581. The molecule has 2 unspecified atom stereocenters. The molecule has 1 aliphatic rings. The van der Waals surface area contributed by atoms with Gasteiger partial charge in [-0.3, -0.25) is 4.98 Å². The second kappa shape index (κ2) is 5.46. The first-order valence-corrected chi connectivity index (χ1v) is 6.60. The molecular formula is C15H17N3O2. The Morgan fingerprint density at radius 1 is 1.30 bits per heavy atom. The summed E-state index contributed by atoms with van der Waals surface area (Å²) in [7, 11) is 1.58. The van der Waals surface area contributed by atoms with Gasteiger partial charge in [0.25, 0.3) is 0 Å². The normalized spacial score (nSPS) is 18.8. The first-order chi connectivity index (χ1) is 9.79. The number of nitrogens with zero attached hydrogens (tertiary/aromatic N) is 2. The first kappa shape index (κ1) is 12.9. The van der Waals surface area contributed by atoms with Crippen LogP contribution in [0, 0.1) is 5.92 Å². The van der Waals surface area contributed by atoms with E-state index in [1.165, 1.54) is 5.56 Å². The molecule has 2 heterocycles. The average Bonchev–Trinajstić information content (AvgIpc) is 2.53. The highest BCUT2D eigenvalue weighted by Gasteiger charge is 2.29. The minimum atomic E-state index is -0.257. The summed E-state index contributed by atoms with van der Waals surface area (Å²) in [5.41, 5.74) is 8.21. The highest BCUT2D eigenvalue weighted by Crippen LogP contribution is 2.33. The van der Waals surface area contributed by atoms with Crippen molar-refractivity contribution in [3.8, 4) is 11.6 Å². The second-order valence-corrected chi connectivity index (χ2v) is 4.86. The second-order valence-electron chi connectivity index (χ2n) is 4.86. The molecule has 2 N–H and O–H groups in total. The third-order valence-electron chi connectivity index (χ3n) is 3.62. The van der Waals surface area contributed by atoms with Crippen LogP contribution < -0.4 is 15.2 Å². The molecule has 3 rings (SSSR count). The van der Waals surface area contributed by atoms with Gasteiger partial charge in [0, 0.05) is 18.3 Å². The molecular weight excluding hydrogens is 254 g/mol. The fourth-order valence-electron chi connectivity index (χ4n) is 2.53. The molecule has 2 atom stereocenters. The van der Waals surface area contributed by atoms with Gasteiger partial charge in [0.05, 0.1) is 19.8 Å². The predicted octanol–water partition coefficient (Wildman–Crippen LogP) is 1.74. The van der Waals surface area contributed by atoms with E-state index in [1.807, 2.05) is 18.2 Å². The van der Waals surface area contributed by atoms with Gasteiger partial charge in [-0.2, -0.15) is 0 Å². The molecule has 0 saturated heterocycles. The predicted molar refractivity (Wildman–Crippen MR) is 74.6 cm³/mol. The molecule has 2 aromatic rings. The van der Waals surface area contributed by atoms with Crippen LogP contribution >= 0.6 is 0 Å². The van der Waals surface area contributed by atoms with E-state index in [1.54, 1.807) is 19.5 Å². The van der Waals surface area contributed by atoms with Crippen molar-refractivity contribution < 1.29 is 9.47 Å². The number of benzene rings is 1. The monoisotopic (exact) mass is 271 g/mol. The summed E-state index contributed by atoms with van der Waals surface area (Å²) in [4.78, 5) is 8.46. The zero-order valence-corrected chi connectivity index (χ0v) is 11.3. The van der Waals surface area contributed by atoms with Gasteiger partial charge in [-0.15, -0.1) is 0 Å². The SMILES string of the molecule is COc1nccnc1C(N)C1COc2ccccc2C1. The van der Waals surface area contributed by atoms with E-state index < -0.39 is 0 Å². The van der Waals surface area contributed by atoms with E-state index >= 15 is 0 Å². The fraction of sp³-hybridized carbons (Fsp3) is 0.333. The molecule has 104 valence electrons. The van der Waals surface area contributed by atoms with Crippen molar-refractivity contribution in [3.05, 3.63) is 47.9 Å². The summed E-state index contributed by atoms with van der Waals surface area (Å²) >= 11 is 0. The molecule has 0 fully saturated rings. The van der Waals surface area contributed by atoms with E-state index in [2.05, 4.69) is 16.0 Å². The average molecular weight is 271 g/mol. The summed E-state index contributed by atoms with van der Waals surface area (Å²) in [5.74, 6) is 1.59. The van der Waals surface area contributed by atoms with Crippen molar-refractivity contribution in [2.75, 3.05) is 13.7 Å². The minimum Gasteiger partial charge on any atom is -0.493 e. The number of hydrogen-bond acceptors (Lipinski definition) is 5.